The fraction of sp³-hybridized carbons (Fsp3) is 0.467. The summed E-state index contributed by atoms with van der Waals surface area (Å²) in [7, 11) is 0. The van der Waals surface area contributed by atoms with Gasteiger partial charge in [0.2, 0.25) is 0 Å². The molecule has 4 nitrogen and oxygen atoms in total. The zero-order valence-electron chi connectivity index (χ0n) is 11.4. The molecular weight excluding hydrogens is 297 g/mol. The van der Waals surface area contributed by atoms with Gasteiger partial charge in [-0.05, 0) is 30.9 Å². The first kappa shape index (κ1) is 15.8. The fourth-order valence-corrected chi connectivity index (χ4v) is 2.92. The molecule has 1 aliphatic rings. The Hall–Kier alpha value is -1.62. The molecule has 1 saturated carbocycles. The summed E-state index contributed by atoms with van der Waals surface area (Å²) >= 11 is 5.63. The maximum absolute atomic E-state index is 13.8. The number of rotatable bonds is 4. The Morgan fingerprint density at radius 2 is 1.95 bits per heavy atom. The van der Waals surface area contributed by atoms with E-state index in [4.69, 9.17) is 11.6 Å². The van der Waals surface area contributed by atoms with Crippen molar-refractivity contribution in [2.45, 2.75) is 38.1 Å². The zero-order valence-corrected chi connectivity index (χ0v) is 12.2. The second-order valence-electron chi connectivity index (χ2n) is 5.29. The van der Waals surface area contributed by atoms with Gasteiger partial charge in [-0.15, -0.1) is 0 Å². The Morgan fingerprint density at radius 3 is 2.57 bits per heavy atom. The molecule has 2 rings (SSSR count). The van der Waals surface area contributed by atoms with Crippen molar-refractivity contribution in [3.63, 3.8) is 0 Å². The summed E-state index contributed by atoms with van der Waals surface area (Å²) < 4.78 is 13.8. The fourth-order valence-electron chi connectivity index (χ4n) is 2.75. The number of hydrogen-bond acceptors (Lipinski definition) is 2. The number of halogens is 2. The van der Waals surface area contributed by atoms with Crippen LogP contribution >= 0.6 is 11.6 Å². The second-order valence-corrected chi connectivity index (χ2v) is 5.70. The molecule has 1 aliphatic carbocycles. The van der Waals surface area contributed by atoms with Crippen LogP contribution in [-0.4, -0.2) is 23.0 Å². The van der Waals surface area contributed by atoms with E-state index in [1.54, 1.807) is 0 Å². The van der Waals surface area contributed by atoms with Crippen LogP contribution in [0.25, 0.3) is 0 Å². The van der Waals surface area contributed by atoms with Crippen LogP contribution in [0.2, 0.25) is 5.02 Å². The lowest BCUT2D eigenvalue weighted by Crippen LogP contribution is -2.46. The number of hydrogen-bond donors (Lipinski definition) is 2. The minimum atomic E-state index is -1.09. The molecule has 2 N–H and O–H groups in total. The largest absolute Gasteiger partial charge is 0.480 e. The van der Waals surface area contributed by atoms with E-state index < -0.39 is 23.7 Å². The van der Waals surface area contributed by atoms with Crippen molar-refractivity contribution in [3.8, 4) is 0 Å². The standard InChI is InChI=1S/C15H17ClFNO3/c16-11-8-4-7-10(12(11)17)14(19)18-13(15(20)21)9-5-2-1-3-6-9/h4,7-9,13H,1-3,5-6H2,(H,18,19)(H,20,21). The summed E-state index contributed by atoms with van der Waals surface area (Å²) in [4.78, 5) is 23.5. The van der Waals surface area contributed by atoms with Gasteiger partial charge in [0.25, 0.3) is 5.91 Å². The monoisotopic (exact) mass is 313 g/mol. The van der Waals surface area contributed by atoms with E-state index in [0.717, 1.165) is 32.1 Å². The summed E-state index contributed by atoms with van der Waals surface area (Å²) in [5, 5.41) is 11.6. The predicted octanol–water partition coefficient (Wildman–Crippen LogP) is 3.24. The third kappa shape index (κ3) is 3.73. The molecule has 1 unspecified atom stereocenters. The molecule has 114 valence electrons. The van der Waals surface area contributed by atoms with Gasteiger partial charge in [0, 0.05) is 0 Å². The Morgan fingerprint density at radius 1 is 1.29 bits per heavy atom. The summed E-state index contributed by atoms with van der Waals surface area (Å²) in [6.45, 7) is 0. The van der Waals surface area contributed by atoms with E-state index in [2.05, 4.69) is 5.32 Å². The maximum atomic E-state index is 13.8. The third-order valence-corrected chi connectivity index (χ3v) is 4.16. The van der Waals surface area contributed by atoms with Gasteiger partial charge in [-0.2, -0.15) is 0 Å². The molecular formula is C15H17ClFNO3. The molecule has 6 heteroatoms. The summed E-state index contributed by atoms with van der Waals surface area (Å²) in [5.74, 6) is -2.77. The number of carboxylic acids is 1. The normalized spacial score (nSPS) is 17.2. The van der Waals surface area contributed by atoms with Crippen molar-refractivity contribution in [2.75, 3.05) is 0 Å². The van der Waals surface area contributed by atoms with Crippen LogP contribution in [-0.2, 0) is 4.79 Å². The molecule has 0 aromatic heterocycles. The molecule has 0 heterocycles. The molecule has 0 bridgehead atoms. The molecule has 1 fully saturated rings. The van der Waals surface area contributed by atoms with Gasteiger partial charge in [-0.1, -0.05) is 36.9 Å². The van der Waals surface area contributed by atoms with Gasteiger partial charge >= 0.3 is 5.97 Å². The van der Waals surface area contributed by atoms with Crippen molar-refractivity contribution in [2.24, 2.45) is 5.92 Å². The van der Waals surface area contributed by atoms with Gasteiger partial charge in [0.1, 0.15) is 6.04 Å². The van der Waals surface area contributed by atoms with Crippen LogP contribution in [0, 0.1) is 11.7 Å². The lowest BCUT2D eigenvalue weighted by molar-refractivity contribution is -0.141. The molecule has 0 radical (unpaired) electrons. The van der Waals surface area contributed by atoms with Crippen LogP contribution in [0.15, 0.2) is 18.2 Å². The summed E-state index contributed by atoms with van der Waals surface area (Å²) in [6, 6.07) is 3.09. The van der Waals surface area contributed by atoms with Crippen molar-refractivity contribution in [3.05, 3.63) is 34.6 Å². The minimum Gasteiger partial charge on any atom is -0.480 e. The number of benzene rings is 1. The van der Waals surface area contributed by atoms with Gasteiger partial charge in [0.15, 0.2) is 5.82 Å². The Balaban J connectivity index is 2.14. The van der Waals surface area contributed by atoms with Crippen LogP contribution in [0.3, 0.4) is 0 Å². The van der Waals surface area contributed by atoms with E-state index in [-0.39, 0.29) is 16.5 Å². The first-order chi connectivity index (χ1) is 10.0. The number of carbonyl (C=O) groups excluding carboxylic acids is 1. The molecule has 1 aromatic rings. The molecule has 0 spiro atoms. The van der Waals surface area contributed by atoms with Crippen LogP contribution in [0.1, 0.15) is 42.5 Å². The van der Waals surface area contributed by atoms with E-state index in [9.17, 15) is 19.1 Å². The highest BCUT2D eigenvalue weighted by Gasteiger charge is 2.31. The molecule has 1 amide bonds. The number of nitrogens with one attached hydrogen (secondary N) is 1. The van der Waals surface area contributed by atoms with Gasteiger partial charge in [-0.3, -0.25) is 4.79 Å². The van der Waals surface area contributed by atoms with E-state index in [1.165, 1.54) is 18.2 Å². The number of carboxylic acid groups (broad SMARTS) is 1. The topological polar surface area (TPSA) is 66.4 Å². The highest BCUT2D eigenvalue weighted by Crippen LogP contribution is 2.27. The van der Waals surface area contributed by atoms with Gasteiger partial charge in [0.05, 0.1) is 10.6 Å². The summed E-state index contributed by atoms with van der Waals surface area (Å²) in [5.41, 5.74) is -0.232. The first-order valence-electron chi connectivity index (χ1n) is 6.98. The van der Waals surface area contributed by atoms with Crippen LogP contribution < -0.4 is 5.32 Å². The quantitative estimate of drug-likeness (QED) is 0.896. The average Bonchev–Trinajstić information content (AvgIpc) is 2.48. The van der Waals surface area contributed by atoms with Crippen molar-refractivity contribution in [1.29, 1.82) is 0 Å². The zero-order chi connectivity index (χ0) is 15.4. The average molecular weight is 314 g/mol. The molecule has 0 aliphatic heterocycles. The SMILES string of the molecule is O=C(NC(C(=O)O)C1CCCCC1)c1cccc(Cl)c1F. The number of aliphatic carboxylic acids is 1. The van der Waals surface area contributed by atoms with Crippen LogP contribution in [0.5, 0.6) is 0 Å². The molecule has 0 saturated heterocycles. The van der Waals surface area contributed by atoms with E-state index in [1.807, 2.05) is 0 Å². The first-order valence-corrected chi connectivity index (χ1v) is 7.36. The number of carbonyl (C=O) groups is 2. The van der Waals surface area contributed by atoms with Gasteiger partial charge < -0.3 is 10.4 Å². The predicted molar refractivity (Wildman–Crippen MR) is 76.9 cm³/mol. The Kier molecular flexibility index (Phi) is 5.17. The van der Waals surface area contributed by atoms with Crippen molar-refractivity contribution >= 4 is 23.5 Å². The Labute approximate surface area is 127 Å². The van der Waals surface area contributed by atoms with Gasteiger partial charge in [-0.25, -0.2) is 9.18 Å². The van der Waals surface area contributed by atoms with Crippen molar-refractivity contribution < 1.29 is 19.1 Å². The number of amides is 1. The van der Waals surface area contributed by atoms with Crippen LogP contribution in [0.4, 0.5) is 4.39 Å². The highest BCUT2D eigenvalue weighted by molar-refractivity contribution is 6.31. The highest BCUT2D eigenvalue weighted by atomic mass is 35.5. The van der Waals surface area contributed by atoms with E-state index in [0.29, 0.717) is 0 Å². The maximum Gasteiger partial charge on any atom is 0.326 e. The Bertz CT molecular complexity index is 544. The molecule has 21 heavy (non-hydrogen) atoms. The lowest BCUT2D eigenvalue weighted by atomic mass is 9.84. The summed E-state index contributed by atoms with van der Waals surface area (Å²) in [6.07, 6.45) is 4.51. The lowest BCUT2D eigenvalue weighted by Gasteiger charge is -2.28. The second kappa shape index (κ2) is 6.89. The minimum absolute atomic E-state index is 0.109. The molecule has 1 aromatic carbocycles. The smallest absolute Gasteiger partial charge is 0.326 e. The third-order valence-electron chi connectivity index (χ3n) is 3.87. The van der Waals surface area contributed by atoms with E-state index >= 15 is 0 Å². The van der Waals surface area contributed by atoms with Crippen molar-refractivity contribution in [1.82, 2.24) is 5.32 Å². The molecule has 1 atom stereocenters.